The smallest absolute Gasteiger partial charge is 0.264 e. The number of para-hydroxylation sites is 2. The lowest BCUT2D eigenvalue weighted by Gasteiger charge is -2.29. The van der Waals surface area contributed by atoms with Gasteiger partial charge in [-0.05, 0) is 56.2 Å². The molecule has 0 aromatic heterocycles. The van der Waals surface area contributed by atoms with Gasteiger partial charge in [0.2, 0.25) is 5.91 Å². The van der Waals surface area contributed by atoms with Crippen molar-refractivity contribution in [3.63, 3.8) is 0 Å². The third-order valence-corrected chi connectivity index (χ3v) is 7.26. The average Bonchev–Trinajstić information content (AvgIpc) is 3.08. The van der Waals surface area contributed by atoms with E-state index >= 15 is 0 Å². The summed E-state index contributed by atoms with van der Waals surface area (Å²) in [6.07, 6.45) is 0.687. The van der Waals surface area contributed by atoms with E-state index in [1.807, 2.05) is 38.1 Å². The number of hydrogen-bond donors (Lipinski definition) is 0. The fourth-order valence-corrected chi connectivity index (χ4v) is 5.36. The predicted molar refractivity (Wildman–Crippen MR) is 119 cm³/mol. The molecule has 5 nitrogen and oxygen atoms in total. The second-order valence-electron chi connectivity index (χ2n) is 7.72. The maximum Gasteiger partial charge on any atom is 0.264 e. The highest BCUT2D eigenvalue weighted by Crippen LogP contribution is 2.33. The van der Waals surface area contributed by atoms with Crippen LogP contribution in [0.15, 0.2) is 77.7 Å². The Bertz CT molecular complexity index is 1230. The second kappa shape index (κ2) is 8.15. The van der Waals surface area contributed by atoms with Gasteiger partial charge in [-0.3, -0.25) is 9.10 Å². The topological polar surface area (TPSA) is 57.7 Å². The van der Waals surface area contributed by atoms with Crippen molar-refractivity contribution in [3.8, 4) is 0 Å². The summed E-state index contributed by atoms with van der Waals surface area (Å²) in [6.45, 7) is 3.26. The van der Waals surface area contributed by atoms with E-state index in [4.69, 9.17) is 0 Å². The van der Waals surface area contributed by atoms with E-state index in [-0.39, 0.29) is 16.6 Å². The third-order valence-electron chi connectivity index (χ3n) is 5.48. The Morgan fingerprint density at radius 1 is 1.03 bits per heavy atom. The van der Waals surface area contributed by atoms with E-state index in [0.29, 0.717) is 6.42 Å². The molecular formula is C24H23FN2O3S. The van der Waals surface area contributed by atoms with Crippen LogP contribution in [0.5, 0.6) is 0 Å². The van der Waals surface area contributed by atoms with Crippen LogP contribution in [-0.4, -0.2) is 26.9 Å². The molecule has 3 aromatic carbocycles. The molecule has 0 unspecified atom stereocenters. The van der Waals surface area contributed by atoms with Crippen LogP contribution in [0.3, 0.4) is 0 Å². The van der Waals surface area contributed by atoms with E-state index in [1.165, 1.54) is 30.3 Å². The zero-order valence-electron chi connectivity index (χ0n) is 17.3. The first-order chi connectivity index (χ1) is 14.8. The average molecular weight is 439 g/mol. The lowest BCUT2D eigenvalue weighted by atomic mass is 10.1. The van der Waals surface area contributed by atoms with Gasteiger partial charge in [-0.1, -0.05) is 48.0 Å². The third kappa shape index (κ3) is 3.93. The number of rotatable bonds is 5. The van der Waals surface area contributed by atoms with Gasteiger partial charge in [0, 0.05) is 11.7 Å². The first-order valence-electron chi connectivity index (χ1n) is 10.0. The minimum atomic E-state index is -4.17. The Balaban J connectivity index is 1.75. The Kier molecular flexibility index (Phi) is 5.54. The van der Waals surface area contributed by atoms with E-state index in [1.54, 1.807) is 23.1 Å². The highest BCUT2D eigenvalue weighted by molar-refractivity contribution is 7.92. The molecule has 1 amide bonds. The molecule has 0 spiro atoms. The molecule has 1 heterocycles. The highest BCUT2D eigenvalue weighted by Gasteiger charge is 2.35. The minimum absolute atomic E-state index is 0.00373. The van der Waals surface area contributed by atoms with Crippen LogP contribution in [0, 0.1) is 12.7 Å². The SMILES string of the molecule is Cc1ccc(S(=O)(=O)N(CC(=O)N2c3ccccc3C[C@@H]2C)c2ccccc2F)cc1. The van der Waals surface area contributed by atoms with Crippen molar-refractivity contribution in [3.05, 3.63) is 89.7 Å². The zero-order valence-corrected chi connectivity index (χ0v) is 18.1. The summed E-state index contributed by atoms with van der Waals surface area (Å²) >= 11 is 0. The van der Waals surface area contributed by atoms with Gasteiger partial charge in [0.05, 0.1) is 10.6 Å². The normalized spacial score (nSPS) is 15.6. The molecule has 7 heteroatoms. The highest BCUT2D eigenvalue weighted by atomic mass is 32.2. The van der Waals surface area contributed by atoms with Crippen LogP contribution < -0.4 is 9.21 Å². The number of carbonyl (C=O) groups is 1. The fraction of sp³-hybridized carbons (Fsp3) is 0.208. The molecular weight excluding hydrogens is 415 g/mol. The van der Waals surface area contributed by atoms with Crippen LogP contribution in [0.4, 0.5) is 15.8 Å². The molecule has 0 aliphatic carbocycles. The lowest BCUT2D eigenvalue weighted by Crippen LogP contribution is -2.45. The standard InChI is InChI=1S/C24H23FN2O3S/c1-17-11-13-20(14-12-17)31(29,30)26(23-10-6-4-8-21(23)25)16-24(28)27-18(2)15-19-7-3-5-9-22(19)27/h3-14,18H,15-16H2,1-2H3/t18-/m0/s1. The van der Waals surface area contributed by atoms with Crippen molar-refractivity contribution in [2.24, 2.45) is 0 Å². The maximum atomic E-state index is 14.7. The van der Waals surface area contributed by atoms with Crippen LogP contribution in [-0.2, 0) is 21.2 Å². The Hall–Kier alpha value is -3.19. The number of sulfonamides is 1. The molecule has 4 rings (SSSR count). The van der Waals surface area contributed by atoms with Gasteiger partial charge in [0.15, 0.2) is 0 Å². The van der Waals surface area contributed by atoms with Gasteiger partial charge in [-0.2, -0.15) is 0 Å². The summed E-state index contributed by atoms with van der Waals surface area (Å²) < 4.78 is 42.5. The molecule has 0 radical (unpaired) electrons. The summed E-state index contributed by atoms with van der Waals surface area (Å²) in [5.41, 5.74) is 2.54. The lowest BCUT2D eigenvalue weighted by molar-refractivity contribution is -0.117. The van der Waals surface area contributed by atoms with Crippen molar-refractivity contribution < 1.29 is 17.6 Å². The van der Waals surface area contributed by atoms with Crippen molar-refractivity contribution in [1.82, 2.24) is 0 Å². The second-order valence-corrected chi connectivity index (χ2v) is 9.58. The molecule has 1 aliphatic rings. The number of fused-ring (bicyclic) bond motifs is 1. The molecule has 0 N–H and O–H groups in total. The van der Waals surface area contributed by atoms with E-state index in [9.17, 15) is 17.6 Å². The Labute approximate surface area is 181 Å². The Morgan fingerprint density at radius 2 is 1.68 bits per heavy atom. The van der Waals surface area contributed by atoms with Crippen molar-refractivity contribution in [2.75, 3.05) is 15.7 Å². The summed E-state index contributed by atoms with van der Waals surface area (Å²) in [6, 6.07) is 19.3. The van der Waals surface area contributed by atoms with Crippen LogP contribution in [0.2, 0.25) is 0 Å². The van der Waals surface area contributed by atoms with Crippen LogP contribution in [0.25, 0.3) is 0 Å². The summed E-state index contributed by atoms with van der Waals surface area (Å²) in [5.74, 6) is -1.11. The predicted octanol–water partition coefficient (Wildman–Crippen LogP) is 4.31. The van der Waals surface area contributed by atoms with Crippen LogP contribution in [0.1, 0.15) is 18.1 Å². The van der Waals surface area contributed by atoms with Gasteiger partial charge < -0.3 is 4.90 Å². The molecule has 0 saturated heterocycles. The van der Waals surface area contributed by atoms with E-state index in [0.717, 1.165) is 21.1 Å². The number of benzene rings is 3. The van der Waals surface area contributed by atoms with Crippen molar-refractivity contribution in [2.45, 2.75) is 31.2 Å². The van der Waals surface area contributed by atoms with Gasteiger partial charge in [-0.25, -0.2) is 12.8 Å². The minimum Gasteiger partial charge on any atom is -0.307 e. The van der Waals surface area contributed by atoms with E-state index < -0.39 is 28.3 Å². The van der Waals surface area contributed by atoms with Gasteiger partial charge in [0.1, 0.15) is 12.4 Å². The number of hydrogen-bond acceptors (Lipinski definition) is 3. The number of nitrogens with zero attached hydrogens (tertiary/aromatic N) is 2. The van der Waals surface area contributed by atoms with Crippen molar-refractivity contribution in [1.29, 1.82) is 0 Å². The monoisotopic (exact) mass is 438 g/mol. The molecule has 0 bridgehead atoms. The number of aryl methyl sites for hydroxylation is 1. The number of amides is 1. The fourth-order valence-electron chi connectivity index (χ4n) is 3.94. The molecule has 1 atom stereocenters. The Morgan fingerprint density at radius 3 is 2.39 bits per heavy atom. The summed E-state index contributed by atoms with van der Waals surface area (Å²) in [4.78, 5) is 15.0. The first-order valence-corrected chi connectivity index (χ1v) is 11.5. The quantitative estimate of drug-likeness (QED) is 0.597. The van der Waals surface area contributed by atoms with Gasteiger partial charge >= 0.3 is 0 Å². The number of anilines is 2. The summed E-state index contributed by atoms with van der Waals surface area (Å²) in [5, 5.41) is 0. The largest absolute Gasteiger partial charge is 0.307 e. The molecule has 160 valence electrons. The molecule has 31 heavy (non-hydrogen) atoms. The van der Waals surface area contributed by atoms with Crippen LogP contribution >= 0.6 is 0 Å². The maximum absolute atomic E-state index is 14.7. The zero-order chi connectivity index (χ0) is 22.2. The number of halogens is 1. The number of carbonyl (C=O) groups excluding carboxylic acids is 1. The molecule has 1 aliphatic heterocycles. The van der Waals surface area contributed by atoms with Gasteiger partial charge in [-0.15, -0.1) is 0 Å². The first kappa shape index (κ1) is 21.1. The van der Waals surface area contributed by atoms with E-state index in [2.05, 4.69) is 0 Å². The van der Waals surface area contributed by atoms with Crippen molar-refractivity contribution >= 4 is 27.3 Å². The molecule has 0 saturated carbocycles. The van der Waals surface area contributed by atoms with Gasteiger partial charge in [0.25, 0.3) is 10.0 Å². The molecule has 3 aromatic rings. The molecule has 0 fully saturated rings. The summed E-state index contributed by atoms with van der Waals surface area (Å²) in [7, 11) is -4.17.